The molecule has 0 aliphatic carbocycles. The molecule has 0 unspecified atom stereocenters. The maximum atomic E-state index is 12.4. The standard InChI is InChI=1S/3C19H18O2S2/c1-13-2-4-14(5-3-13)16(20)7-8-17(21)15-6-9-18-19(12-15)23-11-10-22-18;1-13-3-2-4-14(11-13)16(20)6-7-17(21)15-5-8-18-19(12-15)23-10-9-22-18;1-13-4-2-3-5-15(13)17(21)8-7-16(20)14-6-9-18-19(12-14)23-11-10-22-18/h2-6,9,12H,7-8,10-11H2,1H3;2-5,8,11-12H,6-7,9-10H2,1H3;2-6,9,12H,7-8,10-11H2,1H3. The number of aryl methyl sites for hydroxylation is 3. The highest BCUT2D eigenvalue weighted by Gasteiger charge is 2.19. The summed E-state index contributed by atoms with van der Waals surface area (Å²) in [5.41, 5.74) is 7.40. The van der Waals surface area contributed by atoms with Crippen LogP contribution in [0.3, 0.4) is 0 Å². The van der Waals surface area contributed by atoms with E-state index >= 15 is 0 Å². The minimum Gasteiger partial charge on any atom is -0.294 e. The molecule has 0 spiro atoms. The van der Waals surface area contributed by atoms with Crippen molar-refractivity contribution in [1.29, 1.82) is 0 Å². The highest BCUT2D eigenvalue weighted by molar-refractivity contribution is 8.06. The average Bonchev–Trinajstić information content (AvgIpc) is 3.38. The lowest BCUT2D eigenvalue weighted by atomic mass is 9.99. The first-order valence-corrected chi connectivity index (χ1v) is 28.9. The second-order valence-electron chi connectivity index (χ2n) is 16.7. The molecule has 3 aliphatic rings. The van der Waals surface area contributed by atoms with Crippen molar-refractivity contribution < 1.29 is 28.8 Å². The van der Waals surface area contributed by atoms with Gasteiger partial charge < -0.3 is 0 Å². The van der Waals surface area contributed by atoms with E-state index < -0.39 is 0 Å². The van der Waals surface area contributed by atoms with E-state index in [0.29, 0.717) is 11.1 Å². The Hall–Kier alpha value is -4.56. The highest BCUT2D eigenvalue weighted by atomic mass is 32.2. The van der Waals surface area contributed by atoms with Crippen LogP contribution >= 0.6 is 70.6 Å². The predicted octanol–water partition coefficient (Wildman–Crippen LogP) is 15.1. The van der Waals surface area contributed by atoms with Gasteiger partial charge in [0.15, 0.2) is 34.7 Å². The third kappa shape index (κ3) is 15.2. The second-order valence-corrected chi connectivity index (χ2v) is 23.5. The zero-order chi connectivity index (χ0) is 48.7. The van der Waals surface area contributed by atoms with Crippen LogP contribution in [0.1, 0.15) is 117 Å². The Morgan fingerprint density at radius 1 is 0.319 bits per heavy atom. The Bertz CT molecular complexity index is 2850. The maximum Gasteiger partial charge on any atom is 0.163 e. The Balaban J connectivity index is 0.000000153. The van der Waals surface area contributed by atoms with E-state index in [2.05, 4.69) is 0 Å². The quantitative estimate of drug-likeness (QED) is 0.0915. The molecule has 9 rings (SSSR count). The van der Waals surface area contributed by atoms with Crippen molar-refractivity contribution in [3.63, 3.8) is 0 Å². The normalized spacial score (nSPS) is 13.4. The van der Waals surface area contributed by atoms with Gasteiger partial charge >= 0.3 is 0 Å². The fourth-order valence-electron chi connectivity index (χ4n) is 7.63. The Labute approximate surface area is 431 Å². The summed E-state index contributed by atoms with van der Waals surface area (Å²) < 4.78 is 0. The number of thioether (sulfide) groups is 6. The Morgan fingerprint density at radius 2 is 0.667 bits per heavy atom. The van der Waals surface area contributed by atoms with Crippen molar-refractivity contribution >= 4 is 105 Å². The molecule has 354 valence electrons. The first-order chi connectivity index (χ1) is 33.4. The van der Waals surface area contributed by atoms with E-state index in [1.54, 1.807) is 35.3 Å². The van der Waals surface area contributed by atoms with Gasteiger partial charge in [0.25, 0.3) is 0 Å². The number of hydrogen-bond donors (Lipinski definition) is 0. The number of carbonyl (C=O) groups excluding carboxylic acids is 6. The molecule has 6 nitrogen and oxygen atoms in total. The third-order valence-electron chi connectivity index (χ3n) is 11.5. The molecule has 12 heteroatoms. The minimum atomic E-state index is 0.0289. The van der Waals surface area contributed by atoms with Gasteiger partial charge in [-0.15, -0.1) is 70.6 Å². The summed E-state index contributed by atoms with van der Waals surface area (Å²) in [6.45, 7) is 5.88. The fraction of sp³-hybridized carbons (Fsp3) is 0.263. The number of ketones is 6. The maximum absolute atomic E-state index is 12.4. The number of benzene rings is 6. The monoisotopic (exact) mass is 1030 g/mol. The smallest absolute Gasteiger partial charge is 0.163 e. The van der Waals surface area contributed by atoms with Crippen LogP contribution in [-0.2, 0) is 0 Å². The van der Waals surface area contributed by atoms with Crippen molar-refractivity contribution in [3.8, 4) is 0 Å². The number of rotatable bonds is 15. The van der Waals surface area contributed by atoms with Crippen LogP contribution in [-0.4, -0.2) is 69.2 Å². The molecule has 0 amide bonds. The third-order valence-corrected chi connectivity index (χ3v) is 19.0. The fourth-order valence-corrected chi connectivity index (χ4v) is 14.4. The highest BCUT2D eigenvalue weighted by Crippen LogP contribution is 2.39. The van der Waals surface area contributed by atoms with E-state index in [4.69, 9.17) is 0 Å². The van der Waals surface area contributed by atoms with Gasteiger partial charge in [-0.3, -0.25) is 28.8 Å². The number of Topliss-reactive ketones (excluding diaryl/α,β-unsaturated/α-hetero) is 6. The van der Waals surface area contributed by atoms with Crippen molar-refractivity contribution in [2.45, 2.75) is 88.7 Å². The SMILES string of the molecule is Cc1ccc(C(=O)CCC(=O)c2ccc3c(c2)SCCS3)cc1.Cc1cccc(C(=O)CCC(=O)c2ccc3c(c2)SCCS3)c1.Cc1ccccc1C(=O)CCC(=O)c1ccc2c(c1)SCCS2. The van der Waals surface area contributed by atoms with Crippen LogP contribution in [0.25, 0.3) is 0 Å². The van der Waals surface area contributed by atoms with E-state index in [1.807, 2.05) is 183 Å². The lowest BCUT2D eigenvalue weighted by molar-refractivity contribution is 0.0917. The van der Waals surface area contributed by atoms with Gasteiger partial charge in [-0.25, -0.2) is 0 Å². The summed E-state index contributed by atoms with van der Waals surface area (Å²) in [5, 5.41) is 0. The van der Waals surface area contributed by atoms with E-state index in [9.17, 15) is 28.8 Å². The van der Waals surface area contributed by atoms with Gasteiger partial charge in [-0.2, -0.15) is 0 Å². The van der Waals surface area contributed by atoms with Crippen molar-refractivity contribution in [2.24, 2.45) is 0 Å². The lowest BCUT2D eigenvalue weighted by Crippen LogP contribution is -2.07. The van der Waals surface area contributed by atoms with Gasteiger partial charge in [0.05, 0.1) is 0 Å². The number of carbonyl (C=O) groups is 6. The minimum absolute atomic E-state index is 0.0289. The van der Waals surface area contributed by atoms with Crippen LogP contribution in [0.4, 0.5) is 0 Å². The molecular formula is C57H54O6S6. The molecule has 0 bridgehead atoms. The van der Waals surface area contributed by atoms with Crippen molar-refractivity contribution in [1.82, 2.24) is 0 Å². The molecule has 0 atom stereocenters. The van der Waals surface area contributed by atoms with Crippen LogP contribution in [0, 0.1) is 20.8 Å². The van der Waals surface area contributed by atoms with E-state index in [1.165, 1.54) is 29.4 Å². The van der Waals surface area contributed by atoms with Gasteiger partial charge in [0.2, 0.25) is 0 Å². The molecular weight excluding hydrogens is 973 g/mol. The summed E-state index contributed by atoms with van der Waals surface area (Å²) in [4.78, 5) is 81.1. The van der Waals surface area contributed by atoms with Crippen LogP contribution in [0.5, 0.6) is 0 Å². The van der Waals surface area contributed by atoms with Crippen LogP contribution in [0.15, 0.2) is 157 Å². The topological polar surface area (TPSA) is 102 Å². The van der Waals surface area contributed by atoms with E-state index in [-0.39, 0.29) is 73.2 Å². The molecule has 0 radical (unpaired) electrons. The summed E-state index contributed by atoms with van der Waals surface area (Å²) in [7, 11) is 0. The predicted molar refractivity (Wildman–Crippen MR) is 291 cm³/mol. The Kier molecular flexibility index (Phi) is 19.7. The summed E-state index contributed by atoms with van der Waals surface area (Å²) in [5.74, 6) is 6.86. The molecule has 0 aromatic heterocycles. The Morgan fingerprint density at radius 3 is 1.07 bits per heavy atom. The van der Waals surface area contributed by atoms with E-state index in [0.717, 1.165) is 73.5 Å². The summed E-state index contributed by atoms with van der Waals surface area (Å²) >= 11 is 10.9. The lowest BCUT2D eigenvalue weighted by Gasteiger charge is -2.15. The first-order valence-electron chi connectivity index (χ1n) is 23.0. The number of hydrogen-bond acceptors (Lipinski definition) is 12. The van der Waals surface area contributed by atoms with Crippen LogP contribution in [0.2, 0.25) is 0 Å². The number of fused-ring (bicyclic) bond motifs is 3. The second kappa shape index (κ2) is 26.1. The molecule has 0 N–H and O–H groups in total. The molecule has 0 fully saturated rings. The molecule has 6 aromatic rings. The first kappa shape index (κ1) is 52.3. The largest absolute Gasteiger partial charge is 0.294 e. The van der Waals surface area contributed by atoms with Gasteiger partial charge in [0.1, 0.15) is 0 Å². The van der Waals surface area contributed by atoms with Crippen molar-refractivity contribution in [2.75, 3.05) is 34.5 Å². The molecule has 0 saturated heterocycles. The molecule has 69 heavy (non-hydrogen) atoms. The molecule has 6 aromatic carbocycles. The molecule has 0 saturated carbocycles. The average molecular weight is 1030 g/mol. The van der Waals surface area contributed by atoms with Gasteiger partial charge in [-0.05, 0) is 68.8 Å². The van der Waals surface area contributed by atoms with Gasteiger partial charge in [-0.1, -0.05) is 96.1 Å². The zero-order valence-electron chi connectivity index (χ0n) is 39.0. The van der Waals surface area contributed by atoms with Crippen molar-refractivity contribution in [3.05, 3.63) is 177 Å². The zero-order valence-corrected chi connectivity index (χ0v) is 43.9. The molecule has 3 heterocycles. The van der Waals surface area contributed by atoms with Crippen LogP contribution < -0.4 is 0 Å². The summed E-state index contributed by atoms with van der Waals surface area (Å²) in [6.07, 6.45) is 1.60. The summed E-state index contributed by atoms with van der Waals surface area (Å²) in [6, 6.07) is 40.2. The van der Waals surface area contributed by atoms with Gasteiger partial charge in [0, 0.05) is 136 Å². The molecule has 3 aliphatic heterocycles.